The van der Waals surface area contributed by atoms with Crippen LogP contribution in [0.15, 0.2) is 27.6 Å². The Labute approximate surface area is 169 Å². The number of likely N-dealkylation sites (tertiary alicyclic amines) is 1. The van der Waals surface area contributed by atoms with Gasteiger partial charge >= 0.3 is 0 Å². The van der Waals surface area contributed by atoms with Gasteiger partial charge < -0.3 is 10.2 Å². The van der Waals surface area contributed by atoms with Crippen molar-refractivity contribution in [1.29, 1.82) is 0 Å². The Morgan fingerprint density at radius 1 is 1.15 bits per heavy atom. The van der Waals surface area contributed by atoms with E-state index in [1.807, 2.05) is 4.90 Å². The van der Waals surface area contributed by atoms with Crippen molar-refractivity contribution < 1.29 is 18.0 Å². The lowest BCUT2D eigenvalue weighted by Gasteiger charge is -2.20. The first-order chi connectivity index (χ1) is 12.7. The fourth-order valence-electron chi connectivity index (χ4n) is 2.90. The molecule has 0 unspecified atom stereocenters. The third-order valence-electron chi connectivity index (χ3n) is 4.54. The van der Waals surface area contributed by atoms with Crippen LogP contribution in [-0.2, 0) is 14.8 Å². The first-order valence-corrected chi connectivity index (χ1v) is 11.2. The number of benzene rings is 1. The van der Waals surface area contributed by atoms with E-state index in [0.717, 1.165) is 43.1 Å². The van der Waals surface area contributed by atoms with Gasteiger partial charge in [-0.15, -0.1) is 0 Å². The summed E-state index contributed by atoms with van der Waals surface area (Å²) < 4.78 is 26.2. The number of nitrogens with one attached hydrogen (secondary N) is 1. The number of hydrogen-bond acceptors (Lipinski definition) is 4. The van der Waals surface area contributed by atoms with Gasteiger partial charge in [-0.2, -0.15) is 0 Å². The molecule has 9 heteroatoms. The van der Waals surface area contributed by atoms with Crippen molar-refractivity contribution >= 4 is 37.8 Å². The molecule has 1 aromatic carbocycles. The molecule has 1 aromatic rings. The smallest absolute Gasteiger partial charge is 0.251 e. The van der Waals surface area contributed by atoms with E-state index in [2.05, 4.69) is 21.2 Å². The van der Waals surface area contributed by atoms with Crippen LogP contribution in [0.2, 0.25) is 0 Å². The van der Waals surface area contributed by atoms with Crippen molar-refractivity contribution in [3.8, 4) is 0 Å². The van der Waals surface area contributed by atoms with Gasteiger partial charge in [0, 0.05) is 50.2 Å². The summed E-state index contributed by atoms with van der Waals surface area (Å²) in [5, 5.41) is 2.70. The molecule has 0 spiro atoms. The standard InChI is InChI=1S/C18H26BrN3O4S/c1-21(2)27(25,26)16-13-14(7-8-15(16)19)18(24)20-10-9-17(23)22-11-5-3-4-6-12-22/h7-8,13H,3-6,9-12H2,1-2H3,(H,20,24). The lowest BCUT2D eigenvalue weighted by Crippen LogP contribution is -2.35. The molecule has 1 aliphatic heterocycles. The molecule has 1 saturated heterocycles. The number of carbonyl (C=O) groups excluding carboxylic acids is 2. The highest BCUT2D eigenvalue weighted by Crippen LogP contribution is 2.25. The molecule has 1 fully saturated rings. The van der Waals surface area contributed by atoms with Gasteiger partial charge in [0.1, 0.15) is 0 Å². The fraction of sp³-hybridized carbons (Fsp3) is 0.556. The number of halogens is 1. The van der Waals surface area contributed by atoms with E-state index in [1.165, 1.54) is 26.2 Å². The molecular formula is C18H26BrN3O4S. The Morgan fingerprint density at radius 2 is 1.78 bits per heavy atom. The molecule has 0 saturated carbocycles. The first kappa shape index (κ1) is 21.8. The molecule has 0 aliphatic carbocycles. The Balaban J connectivity index is 1.97. The average Bonchev–Trinajstić information content (AvgIpc) is 2.91. The average molecular weight is 460 g/mol. The van der Waals surface area contributed by atoms with E-state index in [9.17, 15) is 18.0 Å². The third-order valence-corrected chi connectivity index (χ3v) is 7.34. The van der Waals surface area contributed by atoms with Gasteiger partial charge in [-0.3, -0.25) is 9.59 Å². The number of nitrogens with zero attached hydrogens (tertiary/aromatic N) is 2. The maximum Gasteiger partial charge on any atom is 0.251 e. The van der Waals surface area contributed by atoms with Crippen molar-refractivity contribution in [2.45, 2.75) is 37.0 Å². The minimum absolute atomic E-state index is 0.0285. The van der Waals surface area contributed by atoms with Crippen molar-refractivity contribution in [2.24, 2.45) is 0 Å². The zero-order chi connectivity index (χ0) is 20.0. The Bertz CT molecular complexity index is 788. The summed E-state index contributed by atoms with van der Waals surface area (Å²) in [5.74, 6) is -0.356. The molecule has 2 rings (SSSR count). The lowest BCUT2D eigenvalue weighted by atomic mass is 10.2. The van der Waals surface area contributed by atoms with Gasteiger partial charge in [0.05, 0.1) is 4.90 Å². The topological polar surface area (TPSA) is 86.8 Å². The summed E-state index contributed by atoms with van der Waals surface area (Å²) in [5.41, 5.74) is 0.237. The second kappa shape index (κ2) is 9.66. The van der Waals surface area contributed by atoms with Gasteiger partial charge in [-0.1, -0.05) is 12.8 Å². The van der Waals surface area contributed by atoms with Crippen molar-refractivity contribution in [3.63, 3.8) is 0 Å². The summed E-state index contributed by atoms with van der Waals surface area (Å²) in [4.78, 5) is 26.5. The number of carbonyl (C=O) groups is 2. The second-order valence-corrected chi connectivity index (χ2v) is 9.71. The van der Waals surface area contributed by atoms with E-state index in [1.54, 1.807) is 6.07 Å². The Morgan fingerprint density at radius 3 is 2.37 bits per heavy atom. The summed E-state index contributed by atoms with van der Waals surface area (Å²) in [6, 6.07) is 4.42. The number of sulfonamides is 1. The molecule has 1 heterocycles. The minimum Gasteiger partial charge on any atom is -0.352 e. The molecule has 2 amide bonds. The molecule has 1 aliphatic rings. The quantitative estimate of drug-likeness (QED) is 0.706. The zero-order valence-electron chi connectivity index (χ0n) is 15.7. The molecule has 0 bridgehead atoms. The van der Waals surface area contributed by atoms with E-state index < -0.39 is 15.9 Å². The highest BCUT2D eigenvalue weighted by Gasteiger charge is 2.22. The maximum absolute atomic E-state index is 12.4. The Kier molecular flexibility index (Phi) is 7.81. The summed E-state index contributed by atoms with van der Waals surface area (Å²) in [6.45, 7) is 1.79. The van der Waals surface area contributed by atoms with E-state index in [0.29, 0.717) is 4.47 Å². The van der Waals surface area contributed by atoms with Crippen molar-refractivity contribution in [2.75, 3.05) is 33.7 Å². The van der Waals surface area contributed by atoms with Crippen LogP contribution in [0.25, 0.3) is 0 Å². The second-order valence-electron chi connectivity index (χ2n) is 6.73. The molecule has 7 nitrogen and oxygen atoms in total. The van der Waals surface area contributed by atoms with Crippen molar-refractivity contribution in [3.05, 3.63) is 28.2 Å². The van der Waals surface area contributed by atoms with Gasteiger partial charge in [-0.25, -0.2) is 12.7 Å². The number of amides is 2. The van der Waals surface area contributed by atoms with Crippen LogP contribution in [-0.4, -0.2) is 63.2 Å². The summed E-state index contributed by atoms with van der Waals surface area (Å²) in [6.07, 6.45) is 4.61. The van der Waals surface area contributed by atoms with Crippen LogP contribution in [0.3, 0.4) is 0 Å². The monoisotopic (exact) mass is 459 g/mol. The van der Waals surface area contributed by atoms with Gasteiger partial charge in [0.25, 0.3) is 5.91 Å². The SMILES string of the molecule is CN(C)S(=O)(=O)c1cc(C(=O)NCCC(=O)N2CCCCCC2)ccc1Br. The predicted octanol–water partition coefficient (Wildman–Crippen LogP) is 2.22. The normalized spacial score (nSPS) is 15.5. The van der Waals surface area contributed by atoms with Crippen LogP contribution in [0.1, 0.15) is 42.5 Å². The van der Waals surface area contributed by atoms with Crippen LogP contribution >= 0.6 is 15.9 Å². The van der Waals surface area contributed by atoms with E-state index >= 15 is 0 Å². The molecule has 150 valence electrons. The summed E-state index contributed by atoms with van der Waals surface area (Å²) >= 11 is 3.22. The summed E-state index contributed by atoms with van der Waals surface area (Å²) in [7, 11) is -0.803. The number of rotatable bonds is 6. The molecule has 0 aromatic heterocycles. The lowest BCUT2D eigenvalue weighted by molar-refractivity contribution is -0.131. The zero-order valence-corrected chi connectivity index (χ0v) is 18.1. The molecule has 1 N–H and O–H groups in total. The number of hydrogen-bond donors (Lipinski definition) is 1. The first-order valence-electron chi connectivity index (χ1n) is 9.01. The van der Waals surface area contributed by atoms with Gasteiger partial charge in [-0.05, 0) is 47.0 Å². The molecule has 0 atom stereocenters. The Hall–Kier alpha value is -1.45. The van der Waals surface area contributed by atoms with Crippen LogP contribution < -0.4 is 5.32 Å². The fourth-order valence-corrected chi connectivity index (χ4v) is 4.75. The van der Waals surface area contributed by atoms with Gasteiger partial charge in [0.2, 0.25) is 15.9 Å². The van der Waals surface area contributed by atoms with Gasteiger partial charge in [0.15, 0.2) is 0 Å². The molecular weight excluding hydrogens is 434 g/mol. The van der Waals surface area contributed by atoms with E-state index in [4.69, 9.17) is 0 Å². The van der Waals surface area contributed by atoms with Crippen LogP contribution in [0, 0.1) is 0 Å². The highest BCUT2D eigenvalue weighted by atomic mass is 79.9. The third kappa shape index (κ3) is 5.76. The van der Waals surface area contributed by atoms with Crippen LogP contribution in [0.4, 0.5) is 0 Å². The largest absolute Gasteiger partial charge is 0.352 e. The molecule has 27 heavy (non-hydrogen) atoms. The molecule has 0 radical (unpaired) electrons. The highest BCUT2D eigenvalue weighted by molar-refractivity contribution is 9.10. The minimum atomic E-state index is -3.67. The maximum atomic E-state index is 12.4. The van der Waals surface area contributed by atoms with Crippen molar-refractivity contribution in [1.82, 2.24) is 14.5 Å². The van der Waals surface area contributed by atoms with E-state index in [-0.39, 0.29) is 29.3 Å². The predicted molar refractivity (Wildman–Crippen MR) is 107 cm³/mol. The van der Waals surface area contributed by atoms with Crippen LogP contribution in [0.5, 0.6) is 0 Å².